The third kappa shape index (κ3) is 4.49. The molecule has 3 heterocycles. The normalized spacial score (nSPS) is 22.9. The van der Waals surface area contributed by atoms with Crippen LogP contribution in [0.25, 0.3) is 5.57 Å². The molecule has 2 aromatic heterocycles. The number of allylic oxidation sites excluding steroid dienone is 1. The van der Waals surface area contributed by atoms with Gasteiger partial charge in [-0.3, -0.25) is 4.99 Å². The predicted molar refractivity (Wildman–Crippen MR) is 124 cm³/mol. The van der Waals surface area contributed by atoms with Crippen LogP contribution < -0.4 is 5.32 Å². The molecular formula is C23H21ClF3N5OS. The molecule has 0 bridgehead atoms. The highest BCUT2D eigenvalue weighted by atomic mass is 35.5. The molecule has 1 aliphatic heterocycles. The summed E-state index contributed by atoms with van der Waals surface area (Å²) in [5.41, 5.74) is 2.32. The van der Waals surface area contributed by atoms with Crippen LogP contribution in [0.2, 0.25) is 5.02 Å². The molecule has 5 rings (SSSR count). The van der Waals surface area contributed by atoms with Gasteiger partial charge in [-0.2, -0.15) is 13.9 Å². The van der Waals surface area contributed by atoms with Crippen molar-refractivity contribution >= 4 is 34.3 Å². The van der Waals surface area contributed by atoms with E-state index in [4.69, 9.17) is 16.6 Å². The molecule has 34 heavy (non-hydrogen) atoms. The van der Waals surface area contributed by atoms with Gasteiger partial charge in [-0.25, -0.2) is 14.1 Å². The molecule has 178 valence electrons. The molecule has 3 atom stereocenters. The Hall–Kier alpha value is -2.69. The second kappa shape index (κ2) is 9.52. The summed E-state index contributed by atoms with van der Waals surface area (Å²) >= 11 is 7.84. The Morgan fingerprint density at radius 3 is 2.79 bits per heavy atom. The van der Waals surface area contributed by atoms with Crippen molar-refractivity contribution in [2.45, 2.75) is 44.4 Å². The van der Waals surface area contributed by atoms with E-state index in [1.54, 1.807) is 12.3 Å². The number of amidine groups is 1. The minimum absolute atomic E-state index is 0.00243. The van der Waals surface area contributed by atoms with Crippen molar-refractivity contribution < 1.29 is 18.3 Å². The first kappa shape index (κ1) is 23.1. The van der Waals surface area contributed by atoms with Gasteiger partial charge in [-0.15, -0.1) is 11.3 Å². The smallest absolute Gasteiger partial charge is 0.333 e. The molecule has 2 unspecified atom stereocenters. The lowest BCUT2D eigenvalue weighted by Crippen LogP contribution is -2.32. The number of aliphatic hydroxyl groups excluding tert-OH is 1. The molecule has 1 fully saturated rings. The van der Waals surface area contributed by atoms with E-state index in [1.165, 1.54) is 35.9 Å². The first-order chi connectivity index (χ1) is 16.4. The van der Waals surface area contributed by atoms with Gasteiger partial charge in [-0.1, -0.05) is 24.1 Å². The summed E-state index contributed by atoms with van der Waals surface area (Å²) in [6.07, 6.45) is 6.81. The summed E-state index contributed by atoms with van der Waals surface area (Å²) in [5.74, 6) is 0.0210. The first-order valence-electron chi connectivity index (χ1n) is 10.8. The molecule has 1 saturated carbocycles. The number of rotatable bonds is 6. The monoisotopic (exact) mass is 507 g/mol. The maximum absolute atomic E-state index is 13.8. The van der Waals surface area contributed by atoms with Crippen molar-refractivity contribution in [3.8, 4) is 0 Å². The Morgan fingerprint density at radius 2 is 2.15 bits per heavy atom. The summed E-state index contributed by atoms with van der Waals surface area (Å²) in [6.45, 7) is -2.80. The van der Waals surface area contributed by atoms with Crippen LogP contribution in [0.3, 0.4) is 0 Å². The van der Waals surface area contributed by atoms with Crippen LogP contribution in [0, 0.1) is 11.7 Å². The Bertz CT molecular complexity index is 1240. The second-order valence-corrected chi connectivity index (χ2v) is 9.65. The van der Waals surface area contributed by atoms with Crippen LogP contribution in [-0.2, 0) is 0 Å². The Balaban J connectivity index is 1.68. The molecule has 2 aliphatic rings. The van der Waals surface area contributed by atoms with Crippen molar-refractivity contribution in [1.82, 2.24) is 20.1 Å². The highest BCUT2D eigenvalue weighted by molar-refractivity contribution is 7.11. The number of halogens is 4. The van der Waals surface area contributed by atoms with Gasteiger partial charge in [0.1, 0.15) is 11.9 Å². The second-order valence-electron chi connectivity index (χ2n) is 8.35. The van der Waals surface area contributed by atoms with Crippen LogP contribution in [0.1, 0.15) is 54.4 Å². The standard InChI is InChI=1S/C23H21ClF3N5OS/c24-16-9-14(25)4-5-15(16)20-19(13-10-29-32(11-13)23(26)27)17(8-12-2-1-3-18(12)33)30-21(31-20)22-28-6-7-34-22/h4-7,9-12,18,20,23,33H,1-3,8H2,(H,30,31)/t12?,18?,20-/m0/s1. The summed E-state index contributed by atoms with van der Waals surface area (Å²) in [7, 11) is 0. The third-order valence-electron chi connectivity index (χ3n) is 6.22. The maximum Gasteiger partial charge on any atom is 0.333 e. The van der Waals surface area contributed by atoms with E-state index in [0.29, 0.717) is 38.6 Å². The summed E-state index contributed by atoms with van der Waals surface area (Å²) < 4.78 is 41.1. The van der Waals surface area contributed by atoms with Gasteiger partial charge in [-0.05, 0) is 42.9 Å². The minimum Gasteiger partial charge on any atom is -0.393 e. The molecule has 0 radical (unpaired) electrons. The van der Waals surface area contributed by atoms with E-state index in [2.05, 4.69) is 15.4 Å². The van der Waals surface area contributed by atoms with Crippen LogP contribution in [-0.4, -0.2) is 31.8 Å². The van der Waals surface area contributed by atoms with Gasteiger partial charge in [0.25, 0.3) is 0 Å². The lowest BCUT2D eigenvalue weighted by atomic mass is 9.87. The largest absolute Gasteiger partial charge is 0.393 e. The quantitative estimate of drug-likeness (QED) is 0.456. The zero-order valence-electron chi connectivity index (χ0n) is 17.8. The van der Waals surface area contributed by atoms with Crippen LogP contribution in [0.5, 0.6) is 0 Å². The zero-order valence-corrected chi connectivity index (χ0v) is 19.4. The number of hydrogen-bond donors (Lipinski definition) is 2. The highest BCUT2D eigenvalue weighted by Gasteiger charge is 2.34. The van der Waals surface area contributed by atoms with Gasteiger partial charge in [0.2, 0.25) is 0 Å². The average Bonchev–Trinajstić information content (AvgIpc) is 3.56. The number of hydrogen-bond acceptors (Lipinski definition) is 6. The van der Waals surface area contributed by atoms with Gasteiger partial charge >= 0.3 is 6.55 Å². The lowest BCUT2D eigenvalue weighted by Gasteiger charge is -2.30. The number of nitrogens with zero attached hydrogens (tertiary/aromatic N) is 4. The zero-order chi connectivity index (χ0) is 23.8. The maximum atomic E-state index is 13.8. The topological polar surface area (TPSA) is 75.3 Å². The number of benzene rings is 1. The molecule has 6 nitrogen and oxygen atoms in total. The fraction of sp³-hybridized carbons (Fsp3) is 0.348. The van der Waals surface area contributed by atoms with E-state index >= 15 is 0 Å². The number of nitrogens with one attached hydrogen (secondary N) is 1. The number of aromatic nitrogens is 3. The predicted octanol–water partition coefficient (Wildman–Crippen LogP) is 5.58. The van der Waals surface area contributed by atoms with Gasteiger partial charge in [0.05, 0.1) is 12.3 Å². The van der Waals surface area contributed by atoms with E-state index < -0.39 is 24.5 Å². The van der Waals surface area contributed by atoms with Crippen LogP contribution in [0.15, 0.2) is 52.9 Å². The van der Waals surface area contributed by atoms with Crippen molar-refractivity contribution in [2.75, 3.05) is 0 Å². The summed E-state index contributed by atoms with van der Waals surface area (Å²) in [4.78, 5) is 9.20. The third-order valence-corrected chi connectivity index (χ3v) is 7.32. The molecule has 0 saturated heterocycles. The SMILES string of the molecule is OC1CCCC1CC1=C(c2cnn(C(F)F)c2)[C@H](c2ccc(F)cc2Cl)N=C(c2nccs2)N1. The van der Waals surface area contributed by atoms with Crippen molar-refractivity contribution in [1.29, 1.82) is 0 Å². The number of thiazole rings is 1. The lowest BCUT2D eigenvalue weighted by molar-refractivity contribution is 0.0566. The molecule has 2 N–H and O–H groups in total. The van der Waals surface area contributed by atoms with Crippen LogP contribution in [0.4, 0.5) is 13.2 Å². The fourth-order valence-electron chi connectivity index (χ4n) is 4.59. The van der Waals surface area contributed by atoms with Gasteiger partial charge in [0.15, 0.2) is 10.8 Å². The average molecular weight is 508 g/mol. The molecule has 1 aliphatic carbocycles. The summed E-state index contributed by atoms with van der Waals surface area (Å²) in [5, 5.41) is 20.3. The van der Waals surface area contributed by atoms with Gasteiger partial charge < -0.3 is 10.4 Å². The van der Waals surface area contributed by atoms with E-state index in [0.717, 1.165) is 25.0 Å². The Labute approximate surface area is 202 Å². The van der Waals surface area contributed by atoms with Gasteiger partial charge in [0, 0.05) is 39.6 Å². The number of alkyl halides is 2. The molecule has 0 spiro atoms. The molecule has 3 aromatic rings. The molecule has 1 aromatic carbocycles. The first-order valence-corrected chi connectivity index (χ1v) is 12.1. The number of aliphatic hydroxyl groups is 1. The molecule has 11 heteroatoms. The van der Waals surface area contributed by atoms with Crippen molar-refractivity contribution in [3.63, 3.8) is 0 Å². The minimum atomic E-state index is -2.80. The Kier molecular flexibility index (Phi) is 6.46. The highest BCUT2D eigenvalue weighted by Crippen LogP contribution is 2.43. The number of aliphatic imine (C=N–C) groups is 1. The van der Waals surface area contributed by atoms with Crippen molar-refractivity contribution in [2.24, 2.45) is 10.9 Å². The van der Waals surface area contributed by atoms with E-state index in [1.807, 2.05) is 5.38 Å². The van der Waals surface area contributed by atoms with Crippen LogP contribution >= 0.6 is 22.9 Å². The molecule has 0 amide bonds. The Morgan fingerprint density at radius 1 is 1.29 bits per heavy atom. The molecular weight excluding hydrogens is 487 g/mol. The van der Waals surface area contributed by atoms with E-state index in [9.17, 15) is 18.3 Å². The fourth-order valence-corrected chi connectivity index (χ4v) is 5.45. The van der Waals surface area contributed by atoms with Crippen molar-refractivity contribution in [3.05, 3.63) is 74.8 Å². The van der Waals surface area contributed by atoms with E-state index in [-0.39, 0.29) is 10.9 Å². The summed E-state index contributed by atoms with van der Waals surface area (Å²) in [6, 6.07) is 3.34.